The first-order valence-electron chi connectivity index (χ1n) is 6.75. The Bertz CT molecular complexity index is 623. The maximum Gasteiger partial charge on any atom is 0.133 e. The maximum absolute atomic E-state index is 13.6. The number of ether oxygens (including phenoxy) is 1. The zero-order chi connectivity index (χ0) is 14.7. The van der Waals surface area contributed by atoms with Gasteiger partial charge in [-0.25, -0.2) is 4.39 Å². The van der Waals surface area contributed by atoms with Gasteiger partial charge in [-0.2, -0.15) is 0 Å². The van der Waals surface area contributed by atoms with E-state index in [0.717, 1.165) is 28.0 Å². The lowest BCUT2D eigenvalue weighted by molar-refractivity contribution is 0.468. The van der Waals surface area contributed by atoms with Crippen molar-refractivity contribution >= 4 is 0 Å². The van der Waals surface area contributed by atoms with Crippen molar-refractivity contribution in [2.75, 3.05) is 6.54 Å². The molecule has 0 amide bonds. The van der Waals surface area contributed by atoms with E-state index in [-0.39, 0.29) is 5.82 Å². The van der Waals surface area contributed by atoms with Gasteiger partial charge in [-0.05, 0) is 68.1 Å². The Kier molecular flexibility index (Phi) is 4.40. The molecule has 2 nitrogen and oxygen atoms in total. The monoisotopic (exact) mass is 273 g/mol. The van der Waals surface area contributed by atoms with Crippen molar-refractivity contribution < 1.29 is 9.13 Å². The minimum Gasteiger partial charge on any atom is -0.457 e. The van der Waals surface area contributed by atoms with Crippen LogP contribution in [0.2, 0.25) is 0 Å². The van der Waals surface area contributed by atoms with Crippen LogP contribution in [-0.4, -0.2) is 6.54 Å². The van der Waals surface area contributed by atoms with Gasteiger partial charge in [0.05, 0.1) is 0 Å². The molecular formula is C17H20FNO. The van der Waals surface area contributed by atoms with E-state index in [1.807, 2.05) is 32.9 Å². The van der Waals surface area contributed by atoms with Crippen molar-refractivity contribution in [1.82, 2.24) is 0 Å². The predicted molar refractivity (Wildman–Crippen MR) is 79.9 cm³/mol. The molecule has 0 radical (unpaired) electrons. The second-order valence-corrected chi connectivity index (χ2v) is 5.09. The molecule has 0 saturated carbocycles. The Morgan fingerprint density at radius 2 is 1.75 bits per heavy atom. The summed E-state index contributed by atoms with van der Waals surface area (Å²) in [5.41, 5.74) is 9.64. The molecule has 2 rings (SSSR count). The molecule has 0 atom stereocenters. The Morgan fingerprint density at radius 1 is 1.05 bits per heavy atom. The Hall–Kier alpha value is -1.87. The van der Waals surface area contributed by atoms with Gasteiger partial charge in [-0.15, -0.1) is 0 Å². The van der Waals surface area contributed by atoms with Gasteiger partial charge in [-0.1, -0.05) is 12.1 Å². The van der Waals surface area contributed by atoms with E-state index in [4.69, 9.17) is 10.5 Å². The second-order valence-electron chi connectivity index (χ2n) is 5.09. The van der Waals surface area contributed by atoms with E-state index in [2.05, 4.69) is 6.07 Å². The van der Waals surface area contributed by atoms with Crippen LogP contribution < -0.4 is 10.5 Å². The van der Waals surface area contributed by atoms with Gasteiger partial charge in [0.15, 0.2) is 0 Å². The van der Waals surface area contributed by atoms with Crippen molar-refractivity contribution in [3.8, 4) is 11.5 Å². The lowest BCUT2D eigenvalue weighted by Crippen LogP contribution is -2.03. The zero-order valence-electron chi connectivity index (χ0n) is 12.2. The summed E-state index contributed by atoms with van der Waals surface area (Å²) in [6.45, 7) is 6.53. The molecule has 2 aromatic rings. The number of rotatable bonds is 4. The number of benzene rings is 2. The highest BCUT2D eigenvalue weighted by Crippen LogP contribution is 2.31. The summed E-state index contributed by atoms with van der Waals surface area (Å²) in [5, 5.41) is 0. The van der Waals surface area contributed by atoms with Crippen LogP contribution in [0.3, 0.4) is 0 Å². The Balaban J connectivity index is 2.37. The van der Waals surface area contributed by atoms with Gasteiger partial charge < -0.3 is 10.5 Å². The van der Waals surface area contributed by atoms with E-state index in [1.165, 1.54) is 12.1 Å². The maximum atomic E-state index is 13.6. The first kappa shape index (κ1) is 14.5. The molecule has 0 heterocycles. The Morgan fingerprint density at radius 3 is 2.45 bits per heavy atom. The van der Waals surface area contributed by atoms with Gasteiger partial charge in [0.25, 0.3) is 0 Å². The topological polar surface area (TPSA) is 35.2 Å². The summed E-state index contributed by atoms with van der Waals surface area (Å²) in [6.07, 6.45) is 0.639. The third-order valence-electron chi connectivity index (χ3n) is 3.46. The van der Waals surface area contributed by atoms with Crippen LogP contribution >= 0.6 is 0 Å². The fourth-order valence-corrected chi connectivity index (χ4v) is 2.19. The van der Waals surface area contributed by atoms with Gasteiger partial charge >= 0.3 is 0 Å². The van der Waals surface area contributed by atoms with Crippen LogP contribution in [0.15, 0.2) is 30.3 Å². The molecule has 0 bridgehead atoms. The third kappa shape index (κ3) is 3.17. The summed E-state index contributed by atoms with van der Waals surface area (Å²) in [5.74, 6) is 1.02. The van der Waals surface area contributed by atoms with E-state index in [1.54, 1.807) is 0 Å². The van der Waals surface area contributed by atoms with Crippen LogP contribution in [0.1, 0.15) is 22.3 Å². The fraction of sp³-hybridized carbons (Fsp3) is 0.294. The van der Waals surface area contributed by atoms with Crippen molar-refractivity contribution in [3.05, 3.63) is 58.4 Å². The van der Waals surface area contributed by atoms with E-state index in [9.17, 15) is 4.39 Å². The number of aryl methyl sites for hydroxylation is 2. The highest BCUT2D eigenvalue weighted by molar-refractivity contribution is 5.47. The molecule has 0 aliphatic carbocycles. The summed E-state index contributed by atoms with van der Waals surface area (Å²) >= 11 is 0. The number of hydrogen-bond donors (Lipinski definition) is 1. The van der Waals surface area contributed by atoms with Gasteiger partial charge in [0.1, 0.15) is 17.3 Å². The van der Waals surface area contributed by atoms with Crippen LogP contribution in [0, 0.1) is 26.6 Å². The summed E-state index contributed by atoms with van der Waals surface area (Å²) in [7, 11) is 0. The molecule has 0 spiro atoms. The van der Waals surface area contributed by atoms with Crippen LogP contribution in [0.5, 0.6) is 11.5 Å². The minimum atomic E-state index is -0.297. The Labute approximate surface area is 119 Å². The zero-order valence-corrected chi connectivity index (χ0v) is 12.2. The molecule has 3 heteroatoms. The lowest BCUT2D eigenvalue weighted by atomic mass is 10.1. The SMILES string of the molecule is Cc1ccc(C)c(Oc2cc(F)cc(CCN)c2)c1C. The molecule has 0 fully saturated rings. The fourth-order valence-electron chi connectivity index (χ4n) is 2.19. The van der Waals surface area contributed by atoms with E-state index < -0.39 is 0 Å². The van der Waals surface area contributed by atoms with Crippen molar-refractivity contribution in [1.29, 1.82) is 0 Å². The molecule has 20 heavy (non-hydrogen) atoms. The van der Waals surface area contributed by atoms with Crippen LogP contribution in [-0.2, 0) is 6.42 Å². The second kappa shape index (κ2) is 6.06. The van der Waals surface area contributed by atoms with Crippen molar-refractivity contribution in [2.24, 2.45) is 5.73 Å². The number of halogens is 1. The molecule has 2 aromatic carbocycles. The molecule has 0 aromatic heterocycles. The highest BCUT2D eigenvalue weighted by Gasteiger charge is 2.09. The molecule has 106 valence electrons. The highest BCUT2D eigenvalue weighted by atomic mass is 19.1. The first-order valence-corrected chi connectivity index (χ1v) is 6.75. The quantitative estimate of drug-likeness (QED) is 0.912. The average molecular weight is 273 g/mol. The molecule has 0 aliphatic rings. The average Bonchev–Trinajstić information content (AvgIpc) is 2.39. The predicted octanol–water partition coefficient (Wildman–Crippen LogP) is 4.04. The van der Waals surface area contributed by atoms with Gasteiger partial charge in [-0.3, -0.25) is 0 Å². The normalized spacial score (nSPS) is 10.7. The molecule has 0 saturated heterocycles. The molecule has 2 N–H and O–H groups in total. The van der Waals surface area contributed by atoms with E-state index >= 15 is 0 Å². The number of nitrogens with two attached hydrogens (primary N) is 1. The van der Waals surface area contributed by atoms with Crippen LogP contribution in [0.4, 0.5) is 4.39 Å². The van der Waals surface area contributed by atoms with E-state index in [0.29, 0.717) is 18.7 Å². The smallest absolute Gasteiger partial charge is 0.133 e. The summed E-state index contributed by atoms with van der Waals surface area (Å²) in [6, 6.07) is 8.81. The first-order chi connectivity index (χ1) is 9.51. The van der Waals surface area contributed by atoms with Crippen LogP contribution in [0.25, 0.3) is 0 Å². The summed E-state index contributed by atoms with van der Waals surface area (Å²) in [4.78, 5) is 0. The lowest BCUT2D eigenvalue weighted by Gasteiger charge is -2.14. The number of hydrogen-bond acceptors (Lipinski definition) is 2. The molecule has 0 unspecified atom stereocenters. The van der Waals surface area contributed by atoms with Crippen molar-refractivity contribution in [3.63, 3.8) is 0 Å². The largest absolute Gasteiger partial charge is 0.457 e. The van der Waals surface area contributed by atoms with Gasteiger partial charge in [0.2, 0.25) is 0 Å². The van der Waals surface area contributed by atoms with Gasteiger partial charge in [0, 0.05) is 6.07 Å². The molecular weight excluding hydrogens is 253 g/mol. The third-order valence-corrected chi connectivity index (χ3v) is 3.46. The minimum absolute atomic E-state index is 0.297. The molecule has 0 aliphatic heterocycles. The van der Waals surface area contributed by atoms with Crippen molar-refractivity contribution in [2.45, 2.75) is 27.2 Å². The summed E-state index contributed by atoms with van der Waals surface area (Å²) < 4.78 is 19.5. The standard InChI is InChI=1S/C17H20FNO/c1-11-4-5-12(2)17(13(11)3)20-16-9-14(6-7-19)8-15(18)10-16/h4-5,8-10H,6-7,19H2,1-3H3.